The van der Waals surface area contributed by atoms with Gasteiger partial charge < -0.3 is 15.4 Å². The van der Waals surface area contributed by atoms with Crippen molar-refractivity contribution >= 4 is 47.0 Å². The topological polar surface area (TPSA) is 67.4 Å². The molecule has 0 aromatic heterocycles. The zero-order chi connectivity index (χ0) is 22.0. The number of allylic oxidation sites excluding steroid dienone is 1. The second kappa shape index (κ2) is 9.33. The van der Waals surface area contributed by atoms with Crippen LogP contribution in [0.4, 0.5) is 4.79 Å². The lowest BCUT2D eigenvalue weighted by Crippen LogP contribution is -2.45. The third kappa shape index (κ3) is 4.77. The Hall–Kier alpha value is -2.15. The third-order valence-corrected chi connectivity index (χ3v) is 6.77. The number of nitrogens with one attached hydrogen (secondary N) is 2. The Labute approximate surface area is 190 Å². The largest absolute Gasteiger partial charge is 0.466 e. The van der Waals surface area contributed by atoms with E-state index in [1.54, 1.807) is 30.8 Å². The molecule has 158 valence electrons. The van der Waals surface area contributed by atoms with Crippen LogP contribution < -0.4 is 10.6 Å². The fourth-order valence-corrected chi connectivity index (χ4v) is 4.99. The summed E-state index contributed by atoms with van der Waals surface area (Å²) in [5.74, 6) is 0.181. The zero-order valence-corrected chi connectivity index (χ0v) is 19.4. The van der Waals surface area contributed by atoms with E-state index in [0.717, 1.165) is 27.1 Å². The van der Waals surface area contributed by atoms with Crippen LogP contribution in [0, 0.1) is 13.8 Å². The summed E-state index contributed by atoms with van der Waals surface area (Å²) in [7, 11) is 1.33. The SMILES string of the molecule is COC(=O)C1=C(C)NC(=O)NC1c1cc(CSc2cc(Cl)ccc2Cl)c(C)cc1C. The van der Waals surface area contributed by atoms with Crippen LogP contribution in [0.1, 0.15) is 35.2 Å². The Morgan fingerprint density at radius 3 is 2.57 bits per heavy atom. The molecule has 2 N–H and O–H groups in total. The number of amides is 2. The van der Waals surface area contributed by atoms with Gasteiger partial charge >= 0.3 is 12.0 Å². The number of benzene rings is 2. The Bertz CT molecular complexity index is 1050. The van der Waals surface area contributed by atoms with E-state index in [1.165, 1.54) is 7.11 Å². The number of carbonyl (C=O) groups is 2. The van der Waals surface area contributed by atoms with Gasteiger partial charge in [0, 0.05) is 21.4 Å². The number of urea groups is 1. The molecule has 1 atom stereocenters. The highest BCUT2D eigenvalue weighted by Gasteiger charge is 2.33. The minimum absolute atomic E-state index is 0.355. The summed E-state index contributed by atoms with van der Waals surface area (Å²) >= 11 is 14.0. The number of aryl methyl sites for hydroxylation is 2. The van der Waals surface area contributed by atoms with Crippen LogP contribution in [-0.4, -0.2) is 19.1 Å². The Balaban J connectivity index is 1.98. The standard InChI is InChI=1S/C22H22Cl2N2O3S/c1-11-7-12(2)16(20-19(21(27)29-4)13(3)25-22(28)26-20)8-14(11)10-30-18-9-15(23)5-6-17(18)24/h5-9,20H,10H2,1-4H3,(H2,25,26,28). The van der Waals surface area contributed by atoms with Gasteiger partial charge in [0.1, 0.15) is 0 Å². The molecule has 30 heavy (non-hydrogen) atoms. The zero-order valence-electron chi connectivity index (χ0n) is 17.1. The second-order valence-electron chi connectivity index (χ2n) is 7.06. The fourth-order valence-electron chi connectivity index (χ4n) is 3.43. The van der Waals surface area contributed by atoms with Crippen molar-refractivity contribution in [1.29, 1.82) is 0 Å². The molecule has 8 heteroatoms. The summed E-state index contributed by atoms with van der Waals surface area (Å²) in [4.78, 5) is 25.4. The summed E-state index contributed by atoms with van der Waals surface area (Å²) in [5.41, 5.74) is 4.89. The highest BCUT2D eigenvalue weighted by atomic mass is 35.5. The molecule has 3 rings (SSSR count). The molecule has 0 radical (unpaired) electrons. The van der Waals surface area contributed by atoms with E-state index >= 15 is 0 Å². The molecule has 2 aromatic carbocycles. The maximum Gasteiger partial charge on any atom is 0.337 e. The predicted molar refractivity (Wildman–Crippen MR) is 121 cm³/mol. The molecule has 0 fully saturated rings. The van der Waals surface area contributed by atoms with Crippen LogP contribution in [0.15, 0.2) is 46.5 Å². The number of halogens is 2. The van der Waals surface area contributed by atoms with Gasteiger partial charge in [0.05, 0.1) is 23.7 Å². The normalized spacial score (nSPS) is 16.2. The molecule has 1 heterocycles. The minimum atomic E-state index is -0.592. The van der Waals surface area contributed by atoms with Gasteiger partial charge in [0.15, 0.2) is 0 Å². The number of rotatable bonds is 5. The van der Waals surface area contributed by atoms with Gasteiger partial charge in [-0.3, -0.25) is 0 Å². The average Bonchev–Trinajstić information content (AvgIpc) is 2.68. The van der Waals surface area contributed by atoms with Gasteiger partial charge in [-0.1, -0.05) is 35.3 Å². The summed E-state index contributed by atoms with van der Waals surface area (Å²) in [5, 5.41) is 6.77. The molecular formula is C22H22Cl2N2O3S. The summed E-state index contributed by atoms with van der Waals surface area (Å²) in [6, 6.07) is 8.52. The predicted octanol–water partition coefficient (Wildman–Crippen LogP) is 5.70. The molecule has 5 nitrogen and oxygen atoms in total. The highest BCUT2D eigenvalue weighted by molar-refractivity contribution is 7.98. The van der Waals surface area contributed by atoms with Crippen molar-refractivity contribution in [2.45, 2.75) is 37.5 Å². The first-order valence-corrected chi connectivity index (χ1v) is 11.0. The van der Waals surface area contributed by atoms with Gasteiger partial charge in [0.25, 0.3) is 0 Å². The number of carbonyl (C=O) groups excluding carboxylic acids is 2. The van der Waals surface area contributed by atoms with E-state index < -0.39 is 12.0 Å². The van der Waals surface area contributed by atoms with Crippen molar-refractivity contribution < 1.29 is 14.3 Å². The van der Waals surface area contributed by atoms with Crippen molar-refractivity contribution in [3.05, 3.63) is 73.9 Å². The first-order chi connectivity index (χ1) is 14.2. The van der Waals surface area contributed by atoms with Crippen molar-refractivity contribution in [3.8, 4) is 0 Å². The van der Waals surface area contributed by atoms with E-state index in [-0.39, 0.29) is 6.03 Å². The molecule has 0 saturated heterocycles. The molecule has 1 aliphatic heterocycles. The van der Waals surface area contributed by atoms with E-state index in [0.29, 0.717) is 27.1 Å². The second-order valence-corrected chi connectivity index (χ2v) is 8.92. The smallest absolute Gasteiger partial charge is 0.337 e. The van der Waals surface area contributed by atoms with Gasteiger partial charge in [-0.15, -0.1) is 11.8 Å². The molecule has 2 aromatic rings. The molecule has 0 aliphatic carbocycles. The van der Waals surface area contributed by atoms with Crippen molar-refractivity contribution in [3.63, 3.8) is 0 Å². The van der Waals surface area contributed by atoms with Gasteiger partial charge in [0.2, 0.25) is 0 Å². The third-order valence-electron chi connectivity index (χ3n) is 4.99. The van der Waals surface area contributed by atoms with Gasteiger partial charge in [-0.25, -0.2) is 9.59 Å². The van der Waals surface area contributed by atoms with E-state index in [1.807, 2.05) is 26.0 Å². The quantitative estimate of drug-likeness (QED) is 0.439. The van der Waals surface area contributed by atoms with Gasteiger partial charge in [-0.2, -0.15) is 0 Å². The van der Waals surface area contributed by atoms with Crippen LogP contribution in [-0.2, 0) is 15.3 Å². The molecule has 0 bridgehead atoms. The van der Waals surface area contributed by atoms with Gasteiger partial charge in [-0.05, 0) is 61.2 Å². The van der Waals surface area contributed by atoms with Crippen molar-refractivity contribution in [1.82, 2.24) is 10.6 Å². The molecule has 1 unspecified atom stereocenters. The Morgan fingerprint density at radius 2 is 1.87 bits per heavy atom. The van der Waals surface area contributed by atoms with Crippen molar-refractivity contribution in [2.24, 2.45) is 0 Å². The van der Waals surface area contributed by atoms with E-state index in [9.17, 15) is 9.59 Å². The van der Waals surface area contributed by atoms with E-state index in [4.69, 9.17) is 27.9 Å². The Morgan fingerprint density at radius 1 is 1.13 bits per heavy atom. The molecule has 0 spiro atoms. The van der Waals surface area contributed by atoms with Crippen LogP contribution in [0.3, 0.4) is 0 Å². The highest BCUT2D eigenvalue weighted by Crippen LogP contribution is 2.35. The lowest BCUT2D eigenvalue weighted by atomic mass is 9.90. The number of hydrogen-bond donors (Lipinski definition) is 2. The van der Waals surface area contributed by atoms with Crippen LogP contribution >= 0.6 is 35.0 Å². The van der Waals surface area contributed by atoms with Crippen molar-refractivity contribution in [2.75, 3.05) is 7.11 Å². The number of esters is 1. The van der Waals surface area contributed by atoms with E-state index in [2.05, 4.69) is 16.7 Å². The molecular weight excluding hydrogens is 443 g/mol. The summed E-state index contributed by atoms with van der Waals surface area (Å²) in [6.07, 6.45) is 0. The lowest BCUT2D eigenvalue weighted by Gasteiger charge is -2.29. The lowest BCUT2D eigenvalue weighted by molar-refractivity contribution is -0.136. The number of ether oxygens (including phenoxy) is 1. The summed E-state index contributed by atoms with van der Waals surface area (Å²) in [6.45, 7) is 5.69. The number of methoxy groups -OCH3 is 1. The molecule has 0 saturated carbocycles. The molecule has 2 amide bonds. The van der Waals surface area contributed by atoms with Crippen LogP contribution in [0.25, 0.3) is 0 Å². The first kappa shape index (κ1) is 22.5. The average molecular weight is 465 g/mol. The molecule has 1 aliphatic rings. The monoisotopic (exact) mass is 464 g/mol. The number of thioether (sulfide) groups is 1. The summed E-state index contributed by atoms with van der Waals surface area (Å²) < 4.78 is 4.95. The minimum Gasteiger partial charge on any atom is -0.466 e. The number of hydrogen-bond acceptors (Lipinski definition) is 4. The maximum absolute atomic E-state index is 12.4. The maximum atomic E-state index is 12.4. The van der Waals surface area contributed by atoms with Crippen LogP contribution in [0.2, 0.25) is 10.0 Å². The van der Waals surface area contributed by atoms with Crippen LogP contribution in [0.5, 0.6) is 0 Å². The Kier molecular flexibility index (Phi) is 7.01. The first-order valence-electron chi connectivity index (χ1n) is 9.25. The fraction of sp³-hybridized carbons (Fsp3) is 0.273.